The van der Waals surface area contributed by atoms with Crippen molar-refractivity contribution >= 4 is 34.3 Å². The van der Waals surface area contributed by atoms with Crippen LogP contribution in [0.15, 0.2) is 72.9 Å². The molecule has 5 rings (SSSR count). The van der Waals surface area contributed by atoms with Crippen LogP contribution in [0.2, 0.25) is 0 Å². The zero-order chi connectivity index (χ0) is 31.5. The topological polar surface area (TPSA) is 139 Å². The maximum absolute atomic E-state index is 13.5. The molecule has 11 heteroatoms. The lowest BCUT2D eigenvalue weighted by atomic mass is 10.1. The van der Waals surface area contributed by atoms with E-state index in [4.69, 9.17) is 10.5 Å². The Kier molecular flexibility index (Phi) is 8.50. The molecule has 0 aliphatic carbocycles. The number of benzene rings is 3. The first-order valence-corrected chi connectivity index (χ1v) is 14.1. The smallest absolute Gasteiger partial charge is 0.257 e. The molecule has 0 aliphatic rings. The number of nitrogens with one attached hydrogen (secondary N) is 2. The standard InChI is InChI=1S/C33H35N7O4/c1-20-16-23(44-29-9-7-6-8-24(29)33(43)39(4)5)11-13-28(20)40-31(34)25(19-36-40)30(41)27-18-22-17-21(10-12-26(22)37-27)32(42)35-14-15-38(2)3/h6-13,16-19,37H,14-15,34H2,1-5H3,(H,35,42). The second-order valence-corrected chi connectivity index (χ2v) is 11.0. The molecular weight excluding hydrogens is 558 g/mol. The Morgan fingerprint density at radius 2 is 1.75 bits per heavy atom. The number of amides is 2. The third-order valence-corrected chi connectivity index (χ3v) is 7.17. The second kappa shape index (κ2) is 12.4. The Bertz CT molecular complexity index is 1870. The van der Waals surface area contributed by atoms with Crippen LogP contribution in [0.4, 0.5) is 5.82 Å². The number of carbonyl (C=O) groups is 3. The van der Waals surface area contributed by atoms with Gasteiger partial charge in [-0.05, 0) is 81.2 Å². The maximum atomic E-state index is 13.5. The third kappa shape index (κ3) is 6.18. The highest BCUT2D eigenvalue weighted by Gasteiger charge is 2.21. The van der Waals surface area contributed by atoms with Gasteiger partial charge in [-0.2, -0.15) is 5.10 Å². The van der Waals surface area contributed by atoms with E-state index in [-0.39, 0.29) is 29.0 Å². The van der Waals surface area contributed by atoms with Crippen molar-refractivity contribution in [3.63, 3.8) is 0 Å². The van der Waals surface area contributed by atoms with E-state index in [2.05, 4.69) is 15.4 Å². The van der Waals surface area contributed by atoms with Crippen LogP contribution in [-0.2, 0) is 0 Å². The number of nitrogens with zero attached hydrogens (tertiary/aromatic N) is 4. The molecule has 226 valence electrons. The predicted molar refractivity (Wildman–Crippen MR) is 170 cm³/mol. The first kappa shape index (κ1) is 30.1. The summed E-state index contributed by atoms with van der Waals surface area (Å²) in [5.41, 5.74) is 10.2. The van der Waals surface area contributed by atoms with E-state index in [1.807, 2.05) is 38.1 Å². The van der Waals surface area contributed by atoms with Crippen LogP contribution in [-0.4, -0.2) is 83.4 Å². The lowest BCUT2D eigenvalue weighted by Gasteiger charge is -2.15. The Labute approximate surface area is 255 Å². The summed E-state index contributed by atoms with van der Waals surface area (Å²) in [7, 11) is 7.26. The summed E-state index contributed by atoms with van der Waals surface area (Å²) in [6.07, 6.45) is 1.44. The summed E-state index contributed by atoms with van der Waals surface area (Å²) in [5.74, 6) is 0.518. The Morgan fingerprint density at radius 3 is 2.48 bits per heavy atom. The molecule has 0 saturated carbocycles. The average molecular weight is 594 g/mol. The number of carbonyl (C=O) groups excluding carboxylic acids is 3. The van der Waals surface area contributed by atoms with Gasteiger partial charge in [-0.1, -0.05) is 12.1 Å². The van der Waals surface area contributed by atoms with Crippen LogP contribution >= 0.6 is 0 Å². The number of likely N-dealkylation sites (N-methyl/N-ethyl adjacent to an activating group) is 1. The van der Waals surface area contributed by atoms with Crippen molar-refractivity contribution in [2.75, 3.05) is 47.0 Å². The molecular formula is C33H35N7O4. The van der Waals surface area contributed by atoms with Crippen LogP contribution in [0.3, 0.4) is 0 Å². The average Bonchev–Trinajstić information content (AvgIpc) is 3.59. The summed E-state index contributed by atoms with van der Waals surface area (Å²) in [4.78, 5) is 45.2. The van der Waals surface area contributed by atoms with Gasteiger partial charge in [0.05, 0.1) is 28.7 Å². The molecule has 0 spiro atoms. The molecule has 0 unspecified atom stereocenters. The van der Waals surface area contributed by atoms with Crippen molar-refractivity contribution in [3.05, 3.63) is 101 Å². The lowest BCUT2D eigenvalue weighted by Crippen LogP contribution is -2.31. The predicted octanol–water partition coefficient (Wildman–Crippen LogP) is 4.26. The van der Waals surface area contributed by atoms with Gasteiger partial charge in [-0.25, -0.2) is 4.68 Å². The highest BCUT2D eigenvalue weighted by Crippen LogP contribution is 2.30. The van der Waals surface area contributed by atoms with Gasteiger partial charge in [0.2, 0.25) is 5.78 Å². The number of aryl methyl sites for hydroxylation is 1. The number of rotatable bonds is 10. The number of fused-ring (bicyclic) bond motifs is 1. The fourth-order valence-corrected chi connectivity index (χ4v) is 4.79. The van der Waals surface area contributed by atoms with Crippen LogP contribution in [0.5, 0.6) is 11.5 Å². The lowest BCUT2D eigenvalue weighted by molar-refractivity contribution is 0.0824. The fraction of sp³-hybridized carbons (Fsp3) is 0.212. The highest BCUT2D eigenvalue weighted by atomic mass is 16.5. The fourth-order valence-electron chi connectivity index (χ4n) is 4.79. The second-order valence-electron chi connectivity index (χ2n) is 11.0. The molecule has 0 fully saturated rings. The number of ketones is 1. The molecule has 0 saturated heterocycles. The number of para-hydroxylation sites is 1. The molecule has 5 aromatic rings. The molecule has 44 heavy (non-hydrogen) atoms. The molecule has 2 aromatic heterocycles. The van der Waals surface area contributed by atoms with E-state index < -0.39 is 0 Å². The molecule has 2 amide bonds. The first-order valence-electron chi connectivity index (χ1n) is 14.1. The highest BCUT2D eigenvalue weighted by molar-refractivity contribution is 6.13. The third-order valence-electron chi connectivity index (χ3n) is 7.17. The van der Waals surface area contributed by atoms with Crippen LogP contribution < -0.4 is 15.8 Å². The van der Waals surface area contributed by atoms with Gasteiger partial charge in [0.15, 0.2) is 0 Å². The number of ether oxygens (including phenoxy) is 1. The minimum absolute atomic E-state index is 0.160. The van der Waals surface area contributed by atoms with Crippen LogP contribution in [0, 0.1) is 6.92 Å². The van der Waals surface area contributed by atoms with Crippen LogP contribution in [0.25, 0.3) is 16.6 Å². The first-order chi connectivity index (χ1) is 21.0. The summed E-state index contributed by atoms with van der Waals surface area (Å²) in [6, 6.07) is 19.4. The summed E-state index contributed by atoms with van der Waals surface area (Å²) in [6.45, 7) is 3.15. The SMILES string of the molecule is Cc1cc(Oc2ccccc2C(=O)N(C)C)ccc1-n1ncc(C(=O)c2cc3cc(C(=O)NCCN(C)C)ccc3[nH]2)c1N. The molecule has 0 radical (unpaired) electrons. The zero-order valence-electron chi connectivity index (χ0n) is 25.3. The quantitative estimate of drug-likeness (QED) is 0.206. The Balaban J connectivity index is 1.35. The van der Waals surface area contributed by atoms with E-state index in [1.54, 1.807) is 68.7 Å². The van der Waals surface area contributed by atoms with Crippen molar-refractivity contribution in [2.45, 2.75) is 6.92 Å². The van der Waals surface area contributed by atoms with E-state index in [0.717, 1.165) is 23.0 Å². The van der Waals surface area contributed by atoms with Crippen molar-refractivity contribution < 1.29 is 19.1 Å². The van der Waals surface area contributed by atoms with Gasteiger partial charge in [-0.15, -0.1) is 0 Å². The molecule has 11 nitrogen and oxygen atoms in total. The van der Waals surface area contributed by atoms with Gasteiger partial charge >= 0.3 is 0 Å². The van der Waals surface area contributed by atoms with E-state index in [0.29, 0.717) is 40.6 Å². The molecule has 0 aliphatic heterocycles. The number of aromatic nitrogens is 3. The van der Waals surface area contributed by atoms with E-state index >= 15 is 0 Å². The minimum Gasteiger partial charge on any atom is -0.457 e. The van der Waals surface area contributed by atoms with Gasteiger partial charge in [-0.3, -0.25) is 14.4 Å². The number of aromatic amines is 1. The van der Waals surface area contributed by atoms with Crippen molar-refractivity contribution in [1.82, 2.24) is 29.9 Å². The van der Waals surface area contributed by atoms with Gasteiger partial charge < -0.3 is 30.6 Å². The number of anilines is 1. The summed E-state index contributed by atoms with van der Waals surface area (Å²) >= 11 is 0. The number of nitrogens with two attached hydrogens (primary N) is 1. The summed E-state index contributed by atoms with van der Waals surface area (Å²) < 4.78 is 7.58. The van der Waals surface area contributed by atoms with E-state index in [9.17, 15) is 14.4 Å². The number of H-pyrrole nitrogens is 1. The molecule has 0 bridgehead atoms. The molecule has 3 aromatic carbocycles. The van der Waals surface area contributed by atoms with Crippen molar-refractivity contribution in [1.29, 1.82) is 0 Å². The number of hydrogen-bond acceptors (Lipinski definition) is 7. The summed E-state index contributed by atoms with van der Waals surface area (Å²) in [5, 5.41) is 8.04. The van der Waals surface area contributed by atoms with Gasteiger partial charge in [0.1, 0.15) is 17.3 Å². The normalized spacial score (nSPS) is 11.1. The van der Waals surface area contributed by atoms with Gasteiger partial charge in [0, 0.05) is 43.7 Å². The largest absolute Gasteiger partial charge is 0.457 e. The zero-order valence-corrected chi connectivity index (χ0v) is 25.3. The number of hydrogen-bond donors (Lipinski definition) is 3. The molecule has 4 N–H and O–H groups in total. The monoisotopic (exact) mass is 593 g/mol. The van der Waals surface area contributed by atoms with Gasteiger partial charge in [0.25, 0.3) is 11.8 Å². The molecule has 2 heterocycles. The van der Waals surface area contributed by atoms with Crippen molar-refractivity contribution in [2.24, 2.45) is 0 Å². The molecule has 0 atom stereocenters. The van der Waals surface area contributed by atoms with E-state index in [1.165, 1.54) is 15.8 Å². The number of nitrogen functional groups attached to an aromatic ring is 1. The maximum Gasteiger partial charge on any atom is 0.257 e. The Morgan fingerprint density at radius 1 is 0.977 bits per heavy atom. The Hall–Kier alpha value is -5.42. The minimum atomic E-state index is -0.318. The van der Waals surface area contributed by atoms with Crippen LogP contribution in [0.1, 0.15) is 42.3 Å². The van der Waals surface area contributed by atoms with Crippen molar-refractivity contribution in [3.8, 4) is 17.2 Å².